The number of rotatable bonds is 5. The largest absolute Gasteiger partial charge is 0.400 e. The predicted octanol–water partition coefficient (Wildman–Crippen LogP) is 3.78. The van der Waals surface area contributed by atoms with Crippen molar-refractivity contribution >= 4 is 5.57 Å². The number of hydrogen-bond acceptors (Lipinski definition) is 1. The minimum absolute atomic E-state index is 0.874. The molecule has 17 heavy (non-hydrogen) atoms. The molecule has 0 atom stereocenters. The van der Waals surface area contributed by atoms with E-state index >= 15 is 0 Å². The van der Waals surface area contributed by atoms with Gasteiger partial charge in [-0.25, -0.2) is 0 Å². The monoisotopic (exact) mass is 228 g/mol. The average Bonchev–Trinajstić information content (AvgIpc) is 2.40. The van der Waals surface area contributed by atoms with E-state index in [4.69, 9.17) is 5.11 Å². The number of allylic oxidation sites excluding steroid dienone is 5. The lowest BCUT2D eigenvalue weighted by atomic mass is 9.97. The summed E-state index contributed by atoms with van der Waals surface area (Å²) in [6, 6.07) is 8.27. The highest BCUT2D eigenvalue weighted by Crippen LogP contribution is 2.20. The molecule has 1 heteroatoms. The third-order valence-electron chi connectivity index (χ3n) is 2.21. The fraction of sp³-hybridized carbons (Fsp3) is 0.125. The molecule has 1 N–H and O–H groups in total. The molecular weight excluding hydrogens is 208 g/mol. The molecule has 0 aliphatic carbocycles. The molecule has 0 saturated carbocycles. The summed E-state index contributed by atoms with van der Waals surface area (Å²) in [4.78, 5) is 0. The Balaban J connectivity index is 0.00000121. The maximum absolute atomic E-state index is 7.00. The minimum atomic E-state index is 0.874. The first-order valence-electron chi connectivity index (χ1n) is 5.42. The lowest BCUT2D eigenvalue weighted by molar-refractivity contribution is 0.399. The van der Waals surface area contributed by atoms with Crippen LogP contribution in [-0.4, -0.2) is 12.2 Å². The van der Waals surface area contributed by atoms with Crippen molar-refractivity contribution in [1.29, 1.82) is 0 Å². The Kier molecular flexibility index (Phi) is 8.35. The minimum Gasteiger partial charge on any atom is -0.400 e. The van der Waals surface area contributed by atoms with Gasteiger partial charge in [-0.15, -0.1) is 6.58 Å². The molecule has 1 rings (SSSR count). The molecule has 0 unspecified atom stereocenters. The third kappa shape index (κ3) is 4.66. The van der Waals surface area contributed by atoms with Gasteiger partial charge in [-0.05, 0) is 23.1 Å². The lowest BCUT2D eigenvalue weighted by Crippen LogP contribution is -1.90. The Bertz CT molecular complexity index is 400. The van der Waals surface area contributed by atoms with E-state index in [9.17, 15) is 0 Å². The topological polar surface area (TPSA) is 20.2 Å². The van der Waals surface area contributed by atoms with Crippen molar-refractivity contribution < 1.29 is 5.11 Å². The molecule has 1 aromatic carbocycles. The first-order chi connectivity index (χ1) is 8.33. The van der Waals surface area contributed by atoms with Crippen molar-refractivity contribution in [2.45, 2.75) is 6.42 Å². The van der Waals surface area contributed by atoms with Gasteiger partial charge in [0.1, 0.15) is 0 Å². The molecule has 0 spiro atoms. The lowest BCUT2D eigenvalue weighted by Gasteiger charge is -2.07. The number of aliphatic hydroxyl groups is 1. The molecule has 0 heterocycles. The molecular formula is C16H20O. The van der Waals surface area contributed by atoms with Gasteiger partial charge in [-0.1, -0.05) is 61.7 Å². The maximum Gasteiger partial charge on any atom is 0.0319 e. The van der Waals surface area contributed by atoms with E-state index in [2.05, 4.69) is 31.9 Å². The normalized spacial score (nSPS) is 9.88. The Morgan fingerprint density at radius 2 is 1.82 bits per heavy atom. The summed E-state index contributed by atoms with van der Waals surface area (Å²) in [7, 11) is 1.00. The molecule has 0 fully saturated rings. The van der Waals surface area contributed by atoms with E-state index in [1.807, 2.05) is 30.4 Å². The van der Waals surface area contributed by atoms with Crippen LogP contribution < -0.4 is 0 Å². The van der Waals surface area contributed by atoms with Crippen LogP contribution in [0.4, 0.5) is 0 Å². The third-order valence-corrected chi connectivity index (χ3v) is 2.21. The van der Waals surface area contributed by atoms with Gasteiger partial charge in [0.15, 0.2) is 0 Å². The van der Waals surface area contributed by atoms with E-state index < -0.39 is 0 Å². The molecule has 0 radical (unpaired) electrons. The van der Waals surface area contributed by atoms with Crippen LogP contribution in [0, 0.1) is 0 Å². The zero-order valence-corrected chi connectivity index (χ0v) is 10.4. The Morgan fingerprint density at radius 1 is 1.18 bits per heavy atom. The second-order valence-electron chi connectivity index (χ2n) is 3.21. The van der Waals surface area contributed by atoms with Crippen molar-refractivity contribution in [2.75, 3.05) is 7.11 Å². The Labute approximate surface area is 104 Å². The fourth-order valence-corrected chi connectivity index (χ4v) is 1.53. The van der Waals surface area contributed by atoms with Gasteiger partial charge in [-0.2, -0.15) is 0 Å². The van der Waals surface area contributed by atoms with Crippen LogP contribution in [0.1, 0.15) is 11.1 Å². The number of hydrogen-bond donors (Lipinski definition) is 1. The first-order valence-corrected chi connectivity index (χ1v) is 5.42. The summed E-state index contributed by atoms with van der Waals surface area (Å²) in [6.45, 7) is 11.3. The van der Waals surface area contributed by atoms with Gasteiger partial charge in [0.05, 0.1) is 0 Å². The summed E-state index contributed by atoms with van der Waals surface area (Å²) in [6.07, 6.45) is 8.38. The van der Waals surface area contributed by atoms with E-state index in [1.54, 1.807) is 6.08 Å². The van der Waals surface area contributed by atoms with Crippen LogP contribution in [0.2, 0.25) is 0 Å². The molecule has 0 saturated heterocycles. The second-order valence-corrected chi connectivity index (χ2v) is 3.21. The SMILES string of the molecule is C=C/C=C(\C=C)c1ccccc1CC=C.CO. The quantitative estimate of drug-likeness (QED) is 0.600. The van der Waals surface area contributed by atoms with Crippen LogP contribution in [0.15, 0.2) is 68.3 Å². The molecule has 1 aromatic rings. The second kappa shape index (κ2) is 9.37. The van der Waals surface area contributed by atoms with Crippen LogP contribution in [0.5, 0.6) is 0 Å². The van der Waals surface area contributed by atoms with Crippen LogP contribution in [0.3, 0.4) is 0 Å². The fourth-order valence-electron chi connectivity index (χ4n) is 1.53. The van der Waals surface area contributed by atoms with Gasteiger partial charge < -0.3 is 5.11 Å². The zero-order chi connectivity index (χ0) is 13.1. The Morgan fingerprint density at radius 3 is 2.35 bits per heavy atom. The average molecular weight is 228 g/mol. The van der Waals surface area contributed by atoms with Gasteiger partial charge in [0.25, 0.3) is 0 Å². The summed E-state index contributed by atoms with van der Waals surface area (Å²) >= 11 is 0. The van der Waals surface area contributed by atoms with E-state index in [0.717, 1.165) is 19.1 Å². The summed E-state index contributed by atoms with van der Waals surface area (Å²) < 4.78 is 0. The van der Waals surface area contributed by atoms with Gasteiger partial charge in [-0.3, -0.25) is 0 Å². The van der Waals surface area contributed by atoms with Crippen molar-refractivity contribution in [3.05, 3.63) is 79.4 Å². The molecule has 0 amide bonds. The predicted molar refractivity (Wildman–Crippen MR) is 76.9 cm³/mol. The summed E-state index contributed by atoms with van der Waals surface area (Å²) in [5, 5.41) is 7.00. The highest BCUT2D eigenvalue weighted by molar-refractivity contribution is 5.76. The van der Waals surface area contributed by atoms with Crippen molar-refractivity contribution in [3.8, 4) is 0 Å². The molecule has 0 bridgehead atoms. The summed E-state index contributed by atoms with van der Waals surface area (Å²) in [5.41, 5.74) is 3.57. The summed E-state index contributed by atoms with van der Waals surface area (Å²) in [5.74, 6) is 0. The molecule has 0 aliphatic heterocycles. The molecule has 0 aliphatic rings. The zero-order valence-electron chi connectivity index (χ0n) is 10.4. The van der Waals surface area contributed by atoms with Gasteiger partial charge >= 0.3 is 0 Å². The highest BCUT2D eigenvalue weighted by Gasteiger charge is 2.01. The first kappa shape index (κ1) is 15.1. The van der Waals surface area contributed by atoms with Gasteiger partial charge in [0.2, 0.25) is 0 Å². The van der Waals surface area contributed by atoms with Crippen molar-refractivity contribution in [1.82, 2.24) is 0 Å². The Hall–Kier alpha value is -1.86. The van der Waals surface area contributed by atoms with E-state index in [0.29, 0.717) is 0 Å². The molecule has 90 valence electrons. The smallest absolute Gasteiger partial charge is 0.0319 e. The van der Waals surface area contributed by atoms with E-state index in [1.165, 1.54) is 11.1 Å². The number of aliphatic hydroxyl groups excluding tert-OH is 1. The highest BCUT2D eigenvalue weighted by atomic mass is 16.2. The number of benzene rings is 1. The van der Waals surface area contributed by atoms with E-state index in [-0.39, 0.29) is 0 Å². The van der Waals surface area contributed by atoms with Crippen LogP contribution >= 0.6 is 0 Å². The molecule has 0 aromatic heterocycles. The van der Waals surface area contributed by atoms with Gasteiger partial charge in [0, 0.05) is 7.11 Å². The standard InChI is InChI=1S/C15H16.CH4O/c1-4-9-13(6-3)15-12-8-7-11-14(15)10-5-2;1-2/h4-9,11-12H,1-3,10H2;2H,1H3/b13-9+;. The van der Waals surface area contributed by atoms with Crippen molar-refractivity contribution in [3.63, 3.8) is 0 Å². The molecule has 1 nitrogen and oxygen atoms in total. The van der Waals surface area contributed by atoms with Crippen molar-refractivity contribution in [2.24, 2.45) is 0 Å². The van der Waals surface area contributed by atoms with Crippen LogP contribution in [0.25, 0.3) is 5.57 Å². The van der Waals surface area contributed by atoms with Crippen LogP contribution in [-0.2, 0) is 6.42 Å². The maximum atomic E-state index is 7.00.